The molecule has 0 fully saturated rings. The Morgan fingerprint density at radius 1 is 1.18 bits per heavy atom. The highest BCUT2D eigenvalue weighted by Gasteiger charge is 2.38. The summed E-state index contributed by atoms with van der Waals surface area (Å²) in [6.45, 7) is 0.442. The number of carbonyl (C=O) groups excluding carboxylic acids is 1. The second-order valence-electron chi connectivity index (χ2n) is 7.59. The average molecular weight is 487 g/mol. The van der Waals surface area contributed by atoms with E-state index >= 15 is 0 Å². The van der Waals surface area contributed by atoms with E-state index in [2.05, 4.69) is 10.3 Å². The van der Waals surface area contributed by atoms with E-state index in [0.717, 1.165) is 12.1 Å². The molecule has 3 N–H and O–H groups in total. The summed E-state index contributed by atoms with van der Waals surface area (Å²) in [5.41, 5.74) is 0.178. The number of carbonyl (C=O) groups is 1. The maximum Gasteiger partial charge on any atom is 0.414 e. The molecule has 0 spiro atoms. The molecule has 0 unspecified atom stereocenters. The van der Waals surface area contributed by atoms with Crippen LogP contribution in [0.1, 0.15) is 34.6 Å². The molecule has 0 bridgehead atoms. The van der Waals surface area contributed by atoms with Gasteiger partial charge in [0.25, 0.3) is 5.91 Å². The third-order valence-electron chi connectivity index (χ3n) is 5.16. The number of rotatable bonds is 9. The number of ether oxygens (including phenoxy) is 1. The Morgan fingerprint density at radius 3 is 2.47 bits per heavy atom. The molecule has 184 valence electrons. The molecule has 0 saturated heterocycles. The first-order valence-electron chi connectivity index (χ1n) is 10.2. The predicted octanol–water partition coefficient (Wildman–Crippen LogP) is 3.29. The van der Waals surface area contributed by atoms with Crippen LogP contribution in [0.3, 0.4) is 0 Å². The van der Waals surface area contributed by atoms with E-state index in [-0.39, 0.29) is 34.8 Å². The van der Waals surface area contributed by atoms with Crippen molar-refractivity contribution >= 4 is 11.6 Å². The number of pyridine rings is 1. The molecule has 2 aromatic heterocycles. The smallest absolute Gasteiger partial charge is 0.414 e. The van der Waals surface area contributed by atoms with Crippen LogP contribution in [0.25, 0.3) is 5.65 Å². The number of benzene rings is 1. The maximum absolute atomic E-state index is 13.9. The van der Waals surface area contributed by atoms with Crippen LogP contribution in [0, 0.1) is 18.6 Å². The van der Waals surface area contributed by atoms with Crippen molar-refractivity contribution in [2.45, 2.75) is 44.7 Å². The SMILES string of the molecule is Cc1nc2c(OCc3c(F)cccc3F)cccn2c1C(=O)N[C@@H](CO)CC[C@@H](O)C(F)(F)F. The standard InChI is InChI=1S/C22H22F5N3O4/c1-12-19(21(33)29-13(10-31)7-8-18(32)22(25,26)27)30-9-3-6-17(20(30)28-12)34-11-14-15(23)4-2-5-16(14)24/h2-6,9,13,18,31-32H,7-8,10-11H2,1H3,(H,29,33)/t13-,18-/m1/s1. The van der Waals surface area contributed by atoms with Crippen molar-refractivity contribution in [1.29, 1.82) is 0 Å². The molecule has 0 aliphatic heterocycles. The van der Waals surface area contributed by atoms with E-state index in [0.29, 0.717) is 0 Å². The van der Waals surface area contributed by atoms with E-state index in [1.54, 1.807) is 0 Å². The number of amides is 1. The molecule has 3 aromatic rings. The van der Waals surface area contributed by atoms with Gasteiger partial charge in [0.1, 0.15) is 30.0 Å². The van der Waals surface area contributed by atoms with Crippen molar-refractivity contribution in [2.75, 3.05) is 6.61 Å². The number of aliphatic hydroxyl groups excluding tert-OH is 2. The molecule has 34 heavy (non-hydrogen) atoms. The molecule has 2 heterocycles. The van der Waals surface area contributed by atoms with E-state index in [9.17, 15) is 31.9 Å². The van der Waals surface area contributed by atoms with Crippen LogP contribution in [-0.4, -0.2) is 50.4 Å². The Bertz CT molecular complexity index is 1150. The van der Waals surface area contributed by atoms with Crippen LogP contribution in [0.2, 0.25) is 0 Å². The lowest BCUT2D eigenvalue weighted by Gasteiger charge is -2.19. The first-order chi connectivity index (χ1) is 16.0. The van der Waals surface area contributed by atoms with Gasteiger partial charge in [-0.25, -0.2) is 13.8 Å². The van der Waals surface area contributed by atoms with Gasteiger partial charge in [0.05, 0.1) is 23.9 Å². The molecule has 1 aromatic carbocycles. The largest absolute Gasteiger partial charge is 0.485 e. The van der Waals surface area contributed by atoms with E-state index in [4.69, 9.17) is 9.84 Å². The molecular weight excluding hydrogens is 465 g/mol. The zero-order valence-electron chi connectivity index (χ0n) is 17.9. The summed E-state index contributed by atoms with van der Waals surface area (Å²) in [7, 11) is 0. The molecule has 12 heteroatoms. The third-order valence-corrected chi connectivity index (χ3v) is 5.16. The Kier molecular flexibility index (Phi) is 7.72. The summed E-state index contributed by atoms with van der Waals surface area (Å²) in [5.74, 6) is -2.14. The Labute approximate surface area is 190 Å². The molecule has 7 nitrogen and oxygen atoms in total. The highest BCUT2D eigenvalue weighted by Crippen LogP contribution is 2.25. The molecular formula is C22H22F5N3O4. The van der Waals surface area contributed by atoms with Crippen LogP contribution in [0.15, 0.2) is 36.5 Å². The number of halogens is 5. The minimum atomic E-state index is -4.80. The average Bonchev–Trinajstić information content (AvgIpc) is 3.11. The van der Waals surface area contributed by atoms with Crippen LogP contribution < -0.4 is 10.1 Å². The number of nitrogens with one attached hydrogen (secondary N) is 1. The van der Waals surface area contributed by atoms with Crippen molar-refractivity contribution in [3.05, 3.63) is 65.1 Å². The quantitative estimate of drug-likeness (QED) is 0.403. The number of aliphatic hydroxyl groups is 2. The van der Waals surface area contributed by atoms with Gasteiger partial charge < -0.3 is 20.3 Å². The number of aromatic nitrogens is 2. The normalized spacial score (nSPS) is 13.6. The minimum absolute atomic E-state index is 0.0346. The summed E-state index contributed by atoms with van der Waals surface area (Å²) in [6.07, 6.45) is -6.91. The van der Waals surface area contributed by atoms with Crippen molar-refractivity contribution in [3.8, 4) is 5.75 Å². The Balaban J connectivity index is 1.78. The van der Waals surface area contributed by atoms with Gasteiger partial charge in [0.2, 0.25) is 0 Å². The Morgan fingerprint density at radius 2 is 1.85 bits per heavy atom. The van der Waals surface area contributed by atoms with Gasteiger partial charge in [0, 0.05) is 6.20 Å². The molecule has 0 aliphatic carbocycles. The number of imidazole rings is 1. The lowest BCUT2D eigenvalue weighted by atomic mass is 10.1. The second-order valence-corrected chi connectivity index (χ2v) is 7.59. The topological polar surface area (TPSA) is 96.1 Å². The van der Waals surface area contributed by atoms with Crippen molar-refractivity contribution < 1.29 is 41.7 Å². The molecule has 1 amide bonds. The molecule has 0 aliphatic rings. The van der Waals surface area contributed by atoms with Gasteiger partial charge in [-0.05, 0) is 44.0 Å². The summed E-state index contributed by atoms with van der Waals surface area (Å²) in [5, 5.41) is 21.0. The van der Waals surface area contributed by atoms with E-state index < -0.39 is 55.5 Å². The highest BCUT2D eigenvalue weighted by molar-refractivity contribution is 5.95. The number of aryl methyl sites for hydroxylation is 1. The molecule has 3 rings (SSSR count). The number of nitrogens with zero attached hydrogens (tertiary/aromatic N) is 2. The zero-order valence-corrected chi connectivity index (χ0v) is 17.9. The lowest BCUT2D eigenvalue weighted by molar-refractivity contribution is -0.206. The van der Waals surface area contributed by atoms with Gasteiger partial charge in [0.15, 0.2) is 11.4 Å². The predicted molar refractivity (Wildman–Crippen MR) is 110 cm³/mol. The van der Waals surface area contributed by atoms with Crippen molar-refractivity contribution in [1.82, 2.24) is 14.7 Å². The van der Waals surface area contributed by atoms with Crippen LogP contribution in [-0.2, 0) is 6.61 Å². The van der Waals surface area contributed by atoms with E-state index in [1.165, 1.54) is 35.7 Å². The summed E-state index contributed by atoms with van der Waals surface area (Å²) < 4.78 is 72.2. The fourth-order valence-corrected chi connectivity index (χ4v) is 3.35. The summed E-state index contributed by atoms with van der Waals surface area (Å²) in [6, 6.07) is 5.38. The van der Waals surface area contributed by atoms with Gasteiger partial charge in [-0.2, -0.15) is 13.2 Å². The molecule has 2 atom stereocenters. The van der Waals surface area contributed by atoms with Crippen LogP contribution >= 0.6 is 0 Å². The molecule has 0 saturated carbocycles. The first-order valence-corrected chi connectivity index (χ1v) is 10.2. The van der Waals surface area contributed by atoms with Gasteiger partial charge in [-0.3, -0.25) is 9.20 Å². The van der Waals surface area contributed by atoms with Crippen molar-refractivity contribution in [2.24, 2.45) is 0 Å². The first kappa shape index (κ1) is 25.4. The van der Waals surface area contributed by atoms with Gasteiger partial charge in [-0.15, -0.1) is 0 Å². The van der Waals surface area contributed by atoms with Crippen LogP contribution in [0.4, 0.5) is 22.0 Å². The highest BCUT2D eigenvalue weighted by atomic mass is 19.4. The molecule has 0 radical (unpaired) electrons. The summed E-state index contributed by atoms with van der Waals surface area (Å²) >= 11 is 0. The van der Waals surface area contributed by atoms with Gasteiger partial charge in [-0.1, -0.05) is 6.07 Å². The number of fused-ring (bicyclic) bond motifs is 1. The summed E-state index contributed by atoms with van der Waals surface area (Å²) in [4.78, 5) is 17.1. The second kappa shape index (κ2) is 10.3. The van der Waals surface area contributed by atoms with Crippen molar-refractivity contribution in [3.63, 3.8) is 0 Å². The minimum Gasteiger partial charge on any atom is -0.485 e. The lowest BCUT2D eigenvalue weighted by Crippen LogP contribution is -2.40. The fraction of sp³-hybridized carbons (Fsp3) is 0.364. The zero-order chi connectivity index (χ0) is 25.0. The maximum atomic E-state index is 13.9. The third kappa shape index (κ3) is 5.62. The number of hydrogen-bond acceptors (Lipinski definition) is 5. The van der Waals surface area contributed by atoms with E-state index in [1.807, 2.05) is 0 Å². The van der Waals surface area contributed by atoms with Crippen LogP contribution in [0.5, 0.6) is 5.75 Å². The fourth-order valence-electron chi connectivity index (χ4n) is 3.35. The van der Waals surface area contributed by atoms with Gasteiger partial charge >= 0.3 is 6.18 Å². The number of hydrogen-bond donors (Lipinski definition) is 3. The Hall–Kier alpha value is -3.25. The monoisotopic (exact) mass is 487 g/mol. The number of alkyl halides is 3.